The van der Waals surface area contributed by atoms with Crippen molar-refractivity contribution in [3.63, 3.8) is 0 Å². The molecule has 0 bridgehead atoms. The maximum atomic E-state index is 11.6. The van der Waals surface area contributed by atoms with Crippen LogP contribution in [0.2, 0.25) is 0 Å². The Hall–Kier alpha value is -0.770. The molecule has 1 aliphatic carbocycles. The lowest BCUT2D eigenvalue weighted by Crippen LogP contribution is -2.46. The number of nitrogens with one attached hydrogen (secondary N) is 2. The van der Waals surface area contributed by atoms with Gasteiger partial charge in [-0.2, -0.15) is 0 Å². The van der Waals surface area contributed by atoms with Crippen molar-refractivity contribution in [2.45, 2.75) is 78.5 Å². The van der Waals surface area contributed by atoms with Gasteiger partial charge in [0.15, 0.2) is 0 Å². The van der Waals surface area contributed by atoms with Crippen LogP contribution in [0.25, 0.3) is 0 Å². The van der Waals surface area contributed by atoms with Gasteiger partial charge in [-0.25, -0.2) is 4.79 Å². The van der Waals surface area contributed by atoms with Gasteiger partial charge in [-0.05, 0) is 58.8 Å². The van der Waals surface area contributed by atoms with Crippen LogP contribution in [0.1, 0.15) is 60.8 Å². The molecule has 0 saturated heterocycles. The molecule has 0 aromatic rings. The zero-order valence-corrected chi connectivity index (χ0v) is 14.0. The fourth-order valence-electron chi connectivity index (χ4n) is 2.71. The lowest BCUT2D eigenvalue weighted by atomic mass is 9.79. The van der Waals surface area contributed by atoms with Crippen LogP contribution in [0, 0.1) is 11.8 Å². The van der Waals surface area contributed by atoms with E-state index in [4.69, 9.17) is 4.74 Å². The predicted molar refractivity (Wildman–Crippen MR) is 82.8 cm³/mol. The first kappa shape index (κ1) is 17.3. The summed E-state index contributed by atoms with van der Waals surface area (Å²) in [5, 5.41) is 6.44. The predicted octanol–water partition coefficient (Wildman–Crippen LogP) is 3.31. The first-order valence-electron chi connectivity index (χ1n) is 7.90. The first-order chi connectivity index (χ1) is 9.17. The molecule has 1 saturated carbocycles. The number of rotatable bonds is 4. The molecule has 1 amide bonds. The van der Waals surface area contributed by atoms with E-state index in [0.29, 0.717) is 12.6 Å². The third-order valence-electron chi connectivity index (χ3n) is 4.07. The molecule has 0 radical (unpaired) electrons. The highest BCUT2D eigenvalue weighted by atomic mass is 16.6. The number of hydrogen-bond acceptors (Lipinski definition) is 3. The first-order valence-corrected chi connectivity index (χ1v) is 7.90. The van der Waals surface area contributed by atoms with E-state index < -0.39 is 5.60 Å². The molecule has 118 valence electrons. The minimum absolute atomic E-state index is 0.271. The maximum Gasteiger partial charge on any atom is 0.407 e. The molecule has 2 N–H and O–H groups in total. The number of amides is 1. The molecule has 20 heavy (non-hydrogen) atoms. The minimum Gasteiger partial charge on any atom is -0.444 e. The standard InChI is InChI=1S/C16H32N2O2/c1-11-7-8-14(9-12(11)2)18-13(3)10-17-15(19)20-16(4,5)6/h11-14,18H,7-10H2,1-6H3,(H,17,19). The van der Waals surface area contributed by atoms with Crippen LogP contribution < -0.4 is 10.6 Å². The third-order valence-corrected chi connectivity index (χ3v) is 4.07. The Bertz CT molecular complexity index is 312. The second kappa shape index (κ2) is 7.30. The summed E-state index contributed by atoms with van der Waals surface area (Å²) in [6.07, 6.45) is 3.43. The van der Waals surface area contributed by atoms with E-state index in [1.165, 1.54) is 19.3 Å². The molecule has 0 aromatic heterocycles. The van der Waals surface area contributed by atoms with Crippen LogP contribution in [0.3, 0.4) is 0 Å². The summed E-state index contributed by atoms with van der Waals surface area (Å²) in [4.78, 5) is 11.6. The molecule has 1 fully saturated rings. The number of ether oxygens (including phenoxy) is 1. The molecule has 0 heterocycles. The summed E-state index contributed by atoms with van der Waals surface area (Å²) >= 11 is 0. The summed E-state index contributed by atoms with van der Waals surface area (Å²) in [7, 11) is 0. The van der Waals surface area contributed by atoms with Gasteiger partial charge in [0.25, 0.3) is 0 Å². The van der Waals surface area contributed by atoms with Crippen LogP contribution >= 0.6 is 0 Å². The van der Waals surface area contributed by atoms with Crippen LogP contribution in [-0.4, -0.2) is 30.3 Å². The van der Waals surface area contributed by atoms with Gasteiger partial charge in [-0.3, -0.25) is 0 Å². The largest absolute Gasteiger partial charge is 0.444 e. The Morgan fingerprint density at radius 3 is 2.45 bits per heavy atom. The molecule has 4 nitrogen and oxygen atoms in total. The van der Waals surface area contributed by atoms with Gasteiger partial charge in [0, 0.05) is 18.6 Å². The molecular weight excluding hydrogens is 252 g/mol. The summed E-state index contributed by atoms with van der Waals surface area (Å²) < 4.78 is 5.23. The summed E-state index contributed by atoms with van der Waals surface area (Å²) in [6, 6.07) is 0.852. The van der Waals surface area contributed by atoms with Crippen molar-refractivity contribution in [3.05, 3.63) is 0 Å². The van der Waals surface area contributed by atoms with Gasteiger partial charge >= 0.3 is 6.09 Å². The SMILES string of the molecule is CC(CNC(=O)OC(C)(C)C)NC1CCC(C)C(C)C1. The number of carbonyl (C=O) groups excluding carboxylic acids is 1. The zero-order valence-electron chi connectivity index (χ0n) is 14.0. The van der Waals surface area contributed by atoms with Gasteiger partial charge in [0.05, 0.1) is 0 Å². The number of hydrogen-bond donors (Lipinski definition) is 2. The van der Waals surface area contributed by atoms with Crippen molar-refractivity contribution in [1.29, 1.82) is 0 Å². The summed E-state index contributed by atoms with van der Waals surface area (Å²) in [5.74, 6) is 1.62. The van der Waals surface area contributed by atoms with Crippen LogP contribution in [0.15, 0.2) is 0 Å². The monoisotopic (exact) mass is 284 g/mol. The van der Waals surface area contributed by atoms with Crippen LogP contribution in [-0.2, 0) is 4.74 Å². The van der Waals surface area contributed by atoms with E-state index in [1.54, 1.807) is 0 Å². The maximum absolute atomic E-state index is 11.6. The second-order valence-electron chi connectivity index (χ2n) is 7.42. The normalized spacial score (nSPS) is 28.8. The van der Waals surface area contributed by atoms with E-state index >= 15 is 0 Å². The highest BCUT2D eigenvalue weighted by Gasteiger charge is 2.25. The smallest absolute Gasteiger partial charge is 0.407 e. The Morgan fingerprint density at radius 1 is 1.25 bits per heavy atom. The van der Waals surface area contributed by atoms with Crippen LogP contribution in [0.5, 0.6) is 0 Å². The highest BCUT2D eigenvalue weighted by molar-refractivity contribution is 5.67. The molecular formula is C16H32N2O2. The fraction of sp³-hybridized carbons (Fsp3) is 0.938. The van der Waals surface area contributed by atoms with Crippen molar-refractivity contribution in [2.24, 2.45) is 11.8 Å². The molecule has 1 rings (SSSR count). The lowest BCUT2D eigenvalue weighted by Gasteiger charge is -2.34. The Morgan fingerprint density at radius 2 is 1.90 bits per heavy atom. The molecule has 0 aromatic carbocycles. The van der Waals surface area contributed by atoms with Crippen molar-refractivity contribution < 1.29 is 9.53 Å². The number of carbonyl (C=O) groups is 1. The number of alkyl carbamates (subject to hydrolysis) is 1. The summed E-state index contributed by atoms with van der Waals surface area (Å²) in [6.45, 7) is 13.0. The van der Waals surface area contributed by atoms with Crippen LogP contribution in [0.4, 0.5) is 4.79 Å². The van der Waals surface area contributed by atoms with Gasteiger partial charge < -0.3 is 15.4 Å². The van der Waals surface area contributed by atoms with Gasteiger partial charge in [0.2, 0.25) is 0 Å². The molecule has 0 spiro atoms. The van der Waals surface area contributed by atoms with Crippen molar-refractivity contribution in [1.82, 2.24) is 10.6 Å². The van der Waals surface area contributed by atoms with Crippen molar-refractivity contribution >= 4 is 6.09 Å². The van der Waals surface area contributed by atoms with E-state index in [-0.39, 0.29) is 12.1 Å². The molecule has 4 heteroatoms. The summed E-state index contributed by atoms with van der Waals surface area (Å²) in [5.41, 5.74) is -0.435. The molecule has 1 aliphatic rings. The van der Waals surface area contributed by atoms with E-state index in [2.05, 4.69) is 31.4 Å². The zero-order chi connectivity index (χ0) is 15.3. The Labute approximate surface area is 124 Å². The van der Waals surface area contributed by atoms with Crippen molar-refractivity contribution in [3.8, 4) is 0 Å². The second-order valence-corrected chi connectivity index (χ2v) is 7.42. The molecule has 4 atom stereocenters. The average Bonchev–Trinajstić information content (AvgIpc) is 2.29. The third kappa shape index (κ3) is 6.60. The van der Waals surface area contributed by atoms with E-state index in [9.17, 15) is 4.79 Å². The van der Waals surface area contributed by atoms with E-state index in [1.807, 2.05) is 20.8 Å². The molecule has 4 unspecified atom stereocenters. The Kier molecular flexibility index (Phi) is 6.31. The highest BCUT2D eigenvalue weighted by Crippen LogP contribution is 2.29. The fourth-order valence-corrected chi connectivity index (χ4v) is 2.71. The quantitative estimate of drug-likeness (QED) is 0.832. The lowest BCUT2D eigenvalue weighted by molar-refractivity contribution is 0.0521. The minimum atomic E-state index is -0.435. The van der Waals surface area contributed by atoms with E-state index in [0.717, 1.165) is 11.8 Å². The van der Waals surface area contributed by atoms with Crippen molar-refractivity contribution in [2.75, 3.05) is 6.54 Å². The molecule has 0 aliphatic heterocycles. The van der Waals surface area contributed by atoms with Gasteiger partial charge in [-0.15, -0.1) is 0 Å². The average molecular weight is 284 g/mol. The topological polar surface area (TPSA) is 50.4 Å². The van der Waals surface area contributed by atoms with Gasteiger partial charge in [0.1, 0.15) is 5.60 Å². The van der Waals surface area contributed by atoms with Gasteiger partial charge in [-0.1, -0.05) is 13.8 Å². The Balaban J connectivity index is 2.23.